The van der Waals surface area contributed by atoms with Crippen LogP contribution in [0.3, 0.4) is 0 Å². The number of amides is 2. The molecule has 0 bridgehead atoms. The normalized spacial score (nSPS) is 29.2. The first-order valence-corrected chi connectivity index (χ1v) is 7.90. The third-order valence-electron chi connectivity index (χ3n) is 4.34. The number of hydrogen-bond donors (Lipinski definition) is 0. The van der Waals surface area contributed by atoms with Crippen LogP contribution in [0.4, 0.5) is 5.69 Å². The number of imide groups is 1. The van der Waals surface area contributed by atoms with E-state index in [1.54, 1.807) is 31.4 Å². The minimum Gasteiger partial charge on any atom is -0.497 e. The van der Waals surface area contributed by atoms with E-state index in [1.165, 1.54) is 4.90 Å². The largest absolute Gasteiger partial charge is 0.497 e. The van der Waals surface area contributed by atoms with Gasteiger partial charge in [0.1, 0.15) is 5.75 Å². The summed E-state index contributed by atoms with van der Waals surface area (Å²) in [6, 6.07) is 6.59. The molecule has 2 heterocycles. The van der Waals surface area contributed by atoms with Crippen molar-refractivity contribution in [2.45, 2.75) is 38.5 Å². The molecule has 0 N–H and O–H groups in total. The van der Waals surface area contributed by atoms with E-state index in [4.69, 9.17) is 9.47 Å². The highest BCUT2D eigenvalue weighted by Gasteiger charge is 2.44. The fourth-order valence-electron chi connectivity index (χ4n) is 3.38. The molecule has 2 saturated heterocycles. The van der Waals surface area contributed by atoms with Gasteiger partial charge < -0.3 is 9.47 Å². The van der Waals surface area contributed by atoms with Gasteiger partial charge in [-0.1, -0.05) is 0 Å². The predicted octanol–water partition coefficient (Wildman–Crippen LogP) is 1.44. The molecule has 1 aromatic rings. The Balaban J connectivity index is 1.79. The molecule has 0 aromatic heterocycles. The van der Waals surface area contributed by atoms with Crippen molar-refractivity contribution in [3.05, 3.63) is 24.3 Å². The lowest BCUT2D eigenvalue weighted by molar-refractivity contribution is -0.127. The highest BCUT2D eigenvalue weighted by Crippen LogP contribution is 2.28. The summed E-state index contributed by atoms with van der Waals surface area (Å²) >= 11 is 0. The van der Waals surface area contributed by atoms with Crippen molar-refractivity contribution >= 4 is 17.5 Å². The second kappa shape index (κ2) is 6.29. The summed E-state index contributed by atoms with van der Waals surface area (Å²) in [5.41, 5.74) is 0.595. The number of hydrogen-bond acceptors (Lipinski definition) is 5. The van der Waals surface area contributed by atoms with Crippen molar-refractivity contribution in [2.24, 2.45) is 0 Å². The molecule has 6 nitrogen and oxygen atoms in total. The van der Waals surface area contributed by atoms with Crippen LogP contribution < -0.4 is 9.64 Å². The fraction of sp³-hybridized carbons (Fsp3) is 0.529. The summed E-state index contributed by atoms with van der Waals surface area (Å²) < 4.78 is 10.8. The fourth-order valence-corrected chi connectivity index (χ4v) is 3.38. The van der Waals surface area contributed by atoms with Crippen LogP contribution in [0.25, 0.3) is 0 Å². The van der Waals surface area contributed by atoms with Crippen LogP contribution in [0.15, 0.2) is 24.3 Å². The van der Waals surface area contributed by atoms with Gasteiger partial charge in [-0.3, -0.25) is 14.5 Å². The third kappa shape index (κ3) is 3.09. The minimum atomic E-state index is -0.390. The Hall–Kier alpha value is -1.92. The van der Waals surface area contributed by atoms with Gasteiger partial charge in [0.05, 0.1) is 37.5 Å². The molecule has 124 valence electrons. The smallest absolute Gasteiger partial charge is 0.251 e. The maximum atomic E-state index is 12.8. The molecule has 3 atom stereocenters. The molecule has 2 aliphatic heterocycles. The zero-order valence-electron chi connectivity index (χ0n) is 13.7. The van der Waals surface area contributed by atoms with Crippen LogP contribution in [0.1, 0.15) is 20.3 Å². The first-order valence-electron chi connectivity index (χ1n) is 7.90. The molecule has 23 heavy (non-hydrogen) atoms. The molecule has 0 radical (unpaired) electrons. The van der Waals surface area contributed by atoms with Crippen LogP contribution in [0, 0.1) is 0 Å². The van der Waals surface area contributed by atoms with E-state index in [1.807, 2.05) is 13.8 Å². The summed E-state index contributed by atoms with van der Waals surface area (Å²) in [7, 11) is 1.58. The molecule has 2 fully saturated rings. The number of carbonyl (C=O) groups is 2. The number of rotatable bonds is 3. The van der Waals surface area contributed by atoms with Crippen LogP contribution >= 0.6 is 0 Å². The molecule has 0 saturated carbocycles. The Kier molecular flexibility index (Phi) is 4.37. The number of methoxy groups -OCH3 is 1. The molecule has 6 heteroatoms. The van der Waals surface area contributed by atoms with Gasteiger partial charge in [0.25, 0.3) is 5.91 Å². The monoisotopic (exact) mass is 318 g/mol. The molecule has 0 spiro atoms. The quantitative estimate of drug-likeness (QED) is 0.789. The highest BCUT2D eigenvalue weighted by molar-refractivity contribution is 6.22. The Labute approximate surface area is 136 Å². The van der Waals surface area contributed by atoms with Gasteiger partial charge in [0.15, 0.2) is 0 Å². The number of morpholine rings is 1. The molecule has 3 rings (SSSR count). The number of carbonyl (C=O) groups excluding carboxylic acids is 2. The SMILES string of the molecule is COc1ccc(N2C(=O)C[C@H](N3C[C@@H](C)O[C@H](C)C3)C2=O)cc1. The van der Waals surface area contributed by atoms with Gasteiger partial charge in [-0.25, -0.2) is 4.90 Å². The van der Waals surface area contributed by atoms with Crippen LogP contribution in [0.2, 0.25) is 0 Å². The van der Waals surface area contributed by atoms with E-state index in [2.05, 4.69) is 4.90 Å². The van der Waals surface area contributed by atoms with Crippen molar-refractivity contribution in [1.29, 1.82) is 0 Å². The van der Waals surface area contributed by atoms with Crippen LogP contribution in [-0.4, -0.2) is 55.2 Å². The maximum Gasteiger partial charge on any atom is 0.251 e. The topological polar surface area (TPSA) is 59.1 Å². The van der Waals surface area contributed by atoms with Gasteiger partial charge >= 0.3 is 0 Å². The second-order valence-corrected chi connectivity index (χ2v) is 6.20. The lowest BCUT2D eigenvalue weighted by Gasteiger charge is -2.37. The van der Waals surface area contributed by atoms with E-state index in [9.17, 15) is 9.59 Å². The Morgan fingerprint density at radius 1 is 1.09 bits per heavy atom. The van der Waals surface area contributed by atoms with Crippen molar-refractivity contribution < 1.29 is 19.1 Å². The van der Waals surface area contributed by atoms with E-state index < -0.39 is 6.04 Å². The zero-order chi connectivity index (χ0) is 16.6. The van der Waals surface area contributed by atoms with Gasteiger partial charge in [0, 0.05) is 13.1 Å². The average molecular weight is 318 g/mol. The molecule has 2 aliphatic rings. The summed E-state index contributed by atoms with van der Waals surface area (Å²) in [6.45, 7) is 5.32. The van der Waals surface area contributed by atoms with E-state index in [-0.39, 0.29) is 30.4 Å². The standard InChI is InChI=1S/C17H22N2O4/c1-11-9-18(10-12(2)23-11)15-8-16(20)19(17(15)21)13-4-6-14(22-3)7-5-13/h4-7,11-12,15H,8-10H2,1-3H3/t11-,12-,15+/m1/s1. The average Bonchev–Trinajstić information content (AvgIpc) is 2.81. The molecule has 0 aliphatic carbocycles. The van der Waals surface area contributed by atoms with Gasteiger partial charge in [-0.15, -0.1) is 0 Å². The molecular formula is C17H22N2O4. The highest BCUT2D eigenvalue weighted by atomic mass is 16.5. The van der Waals surface area contributed by atoms with E-state index >= 15 is 0 Å². The first-order chi connectivity index (χ1) is 11.0. The number of benzene rings is 1. The van der Waals surface area contributed by atoms with Crippen molar-refractivity contribution in [3.63, 3.8) is 0 Å². The first kappa shape index (κ1) is 16.0. The lowest BCUT2D eigenvalue weighted by Crippen LogP contribution is -2.52. The van der Waals surface area contributed by atoms with Crippen molar-refractivity contribution in [2.75, 3.05) is 25.1 Å². The maximum absolute atomic E-state index is 12.8. The Morgan fingerprint density at radius 3 is 2.26 bits per heavy atom. The number of nitrogens with zero attached hydrogens (tertiary/aromatic N) is 2. The molecule has 2 amide bonds. The summed E-state index contributed by atoms with van der Waals surface area (Å²) in [4.78, 5) is 28.5. The van der Waals surface area contributed by atoms with Gasteiger partial charge in [0.2, 0.25) is 5.91 Å². The van der Waals surface area contributed by atoms with Crippen LogP contribution in [-0.2, 0) is 14.3 Å². The predicted molar refractivity (Wildman–Crippen MR) is 85.5 cm³/mol. The van der Waals surface area contributed by atoms with Crippen molar-refractivity contribution in [1.82, 2.24) is 4.90 Å². The Morgan fingerprint density at radius 2 is 1.70 bits per heavy atom. The Bertz CT molecular complexity index is 591. The molecule has 0 unspecified atom stereocenters. The van der Waals surface area contributed by atoms with E-state index in [0.29, 0.717) is 24.5 Å². The van der Waals surface area contributed by atoms with Gasteiger partial charge in [-0.05, 0) is 38.1 Å². The second-order valence-electron chi connectivity index (χ2n) is 6.20. The number of ether oxygens (including phenoxy) is 2. The van der Waals surface area contributed by atoms with E-state index in [0.717, 1.165) is 0 Å². The van der Waals surface area contributed by atoms with Crippen LogP contribution in [0.5, 0.6) is 5.75 Å². The van der Waals surface area contributed by atoms with Crippen molar-refractivity contribution in [3.8, 4) is 5.75 Å². The van der Waals surface area contributed by atoms with Gasteiger partial charge in [-0.2, -0.15) is 0 Å². The zero-order valence-corrected chi connectivity index (χ0v) is 13.7. The number of anilines is 1. The minimum absolute atomic E-state index is 0.0664. The lowest BCUT2D eigenvalue weighted by atomic mass is 10.1. The summed E-state index contributed by atoms with van der Waals surface area (Å²) in [6.07, 6.45) is 0.359. The molecule has 1 aromatic carbocycles. The summed E-state index contributed by atoms with van der Waals surface area (Å²) in [5.74, 6) is 0.388. The summed E-state index contributed by atoms with van der Waals surface area (Å²) in [5, 5.41) is 0. The molecular weight excluding hydrogens is 296 g/mol. The third-order valence-corrected chi connectivity index (χ3v) is 4.34.